The molecular formula is C21H31N5O2. The van der Waals surface area contributed by atoms with Crippen LogP contribution in [-0.4, -0.2) is 71.9 Å². The van der Waals surface area contributed by atoms with Gasteiger partial charge in [0, 0.05) is 57.9 Å². The van der Waals surface area contributed by atoms with Crippen LogP contribution in [0.3, 0.4) is 0 Å². The van der Waals surface area contributed by atoms with Gasteiger partial charge < -0.3 is 20.4 Å². The highest BCUT2D eigenvalue weighted by atomic mass is 16.2. The minimum absolute atomic E-state index is 0.0652. The van der Waals surface area contributed by atoms with Crippen LogP contribution >= 0.6 is 0 Å². The van der Waals surface area contributed by atoms with E-state index in [0.29, 0.717) is 29.9 Å². The third-order valence-corrected chi connectivity index (χ3v) is 6.41. The Hall–Kier alpha value is -2.15. The average Bonchev–Trinajstić information content (AvgIpc) is 3.13. The highest BCUT2D eigenvalue weighted by Gasteiger charge is 2.28. The summed E-state index contributed by atoms with van der Waals surface area (Å²) >= 11 is 0. The molecule has 4 heterocycles. The van der Waals surface area contributed by atoms with E-state index < -0.39 is 0 Å². The second kappa shape index (κ2) is 8.47. The highest BCUT2D eigenvalue weighted by molar-refractivity contribution is 5.94. The maximum atomic E-state index is 12.8. The summed E-state index contributed by atoms with van der Waals surface area (Å²) in [7, 11) is 0. The fourth-order valence-electron chi connectivity index (χ4n) is 4.54. The standard InChI is InChI=1S/C21H31N5O2/c22-18-7-12-24(13-8-18)19-4-3-17(14-23-19)21(28)25-10-5-16(6-11-25)15-26-9-1-2-20(26)27/h3-4,14,16,18H,1-2,5-13,15,22H2. The molecule has 3 saturated heterocycles. The van der Waals surface area contributed by atoms with Crippen LogP contribution in [0.15, 0.2) is 18.3 Å². The van der Waals surface area contributed by atoms with E-state index in [1.807, 2.05) is 21.9 Å². The molecule has 2 amide bonds. The smallest absolute Gasteiger partial charge is 0.255 e. The van der Waals surface area contributed by atoms with Crippen LogP contribution in [0.4, 0.5) is 5.82 Å². The number of amides is 2. The Balaban J connectivity index is 1.28. The number of carbonyl (C=O) groups excluding carboxylic acids is 2. The van der Waals surface area contributed by atoms with E-state index >= 15 is 0 Å². The second-order valence-electron chi connectivity index (χ2n) is 8.41. The molecule has 1 aromatic heterocycles. The molecular weight excluding hydrogens is 354 g/mol. The minimum atomic E-state index is 0.0652. The van der Waals surface area contributed by atoms with Gasteiger partial charge in [0.15, 0.2) is 0 Å². The Morgan fingerprint density at radius 2 is 1.82 bits per heavy atom. The summed E-state index contributed by atoms with van der Waals surface area (Å²) in [5.41, 5.74) is 6.62. The van der Waals surface area contributed by atoms with Gasteiger partial charge in [-0.2, -0.15) is 0 Å². The Kier molecular flexibility index (Phi) is 5.80. The fraction of sp³-hybridized carbons (Fsp3) is 0.667. The van der Waals surface area contributed by atoms with Crippen LogP contribution in [0.1, 0.15) is 48.9 Å². The van der Waals surface area contributed by atoms with E-state index in [4.69, 9.17) is 5.73 Å². The second-order valence-corrected chi connectivity index (χ2v) is 8.41. The number of piperidine rings is 2. The fourth-order valence-corrected chi connectivity index (χ4v) is 4.54. The zero-order valence-corrected chi connectivity index (χ0v) is 16.6. The molecule has 0 bridgehead atoms. The Morgan fingerprint density at radius 3 is 2.43 bits per heavy atom. The zero-order chi connectivity index (χ0) is 19.5. The molecule has 3 aliphatic rings. The van der Waals surface area contributed by atoms with Gasteiger partial charge in [-0.25, -0.2) is 4.98 Å². The number of carbonyl (C=O) groups is 2. The van der Waals surface area contributed by atoms with Crippen molar-refractivity contribution in [1.29, 1.82) is 0 Å². The summed E-state index contributed by atoms with van der Waals surface area (Å²) in [6.07, 6.45) is 7.31. The normalized spacial score (nSPS) is 22.2. The van der Waals surface area contributed by atoms with Crippen LogP contribution in [0, 0.1) is 5.92 Å². The molecule has 28 heavy (non-hydrogen) atoms. The van der Waals surface area contributed by atoms with Gasteiger partial charge in [0.2, 0.25) is 5.91 Å². The van der Waals surface area contributed by atoms with Crippen molar-refractivity contribution >= 4 is 17.6 Å². The first-order valence-corrected chi connectivity index (χ1v) is 10.6. The molecule has 0 aromatic carbocycles. The summed E-state index contributed by atoms with van der Waals surface area (Å²) in [4.78, 5) is 35.3. The number of nitrogens with two attached hydrogens (primary N) is 1. The lowest BCUT2D eigenvalue weighted by atomic mass is 9.96. The summed E-state index contributed by atoms with van der Waals surface area (Å²) in [6.45, 7) is 5.13. The maximum absolute atomic E-state index is 12.8. The third-order valence-electron chi connectivity index (χ3n) is 6.41. The lowest BCUT2D eigenvalue weighted by Gasteiger charge is -2.34. The number of aromatic nitrogens is 1. The molecule has 0 atom stereocenters. The largest absolute Gasteiger partial charge is 0.357 e. The van der Waals surface area contributed by atoms with Crippen molar-refractivity contribution in [3.05, 3.63) is 23.9 Å². The van der Waals surface area contributed by atoms with Gasteiger partial charge in [-0.15, -0.1) is 0 Å². The molecule has 0 spiro atoms. The van der Waals surface area contributed by atoms with Crippen LogP contribution in [0.25, 0.3) is 0 Å². The van der Waals surface area contributed by atoms with Gasteiger partial charge in [0.05, 0.1) is 5.56 Å². The number of likely N-dealkylation sites (tertiary alicyclic amines) is 2. The van der Waals surface area contributed by atoms with Crippen molar-refractivity contribution in [2.75, 3.05) is 44.2 Å². The number of anilines is 1. The average molecular weight is 386 g/mol. The molecule has 7 heteroatoms. The molecule has 152 valence electrons. The Bertz CT molecular complexity index is 691. The maximum Gasteiger partial charge on any atom is 0.255 e. The molecule has 0 saturated carbocycles. The van der Waals surface area contributed by atoms with Crippen molar-refractivity contribution < 1.29 is 9.59 Å². The lowest BCUT2D eigenvalue weighted by Crippen LogP contribution is -2.42. The predicted molar refractivity (Wildman–Crippen MR) is 108 cm³/mol. The number of hydrogen-bond acceptors (Lipinski definition) is 5. The zero-order valence-electron chi connectivity index (χ0n) is 16.6. The first-order chi connectivity index (χ1) is 13.6. The molecule has 2 N–H and O–H groups in total. The Labute approximate surface area is 166 Å². The third kappa shape index (κ3) is 4.29. The van der Waals surface area contributed by atoms with Gasteiger partial charge >= 0.3 is 0 Å². The van der Waals surface area contributed by atoms with Crippen LogP contribution < -0.4 is 10.6 Å². The predicted octanol–water partition coefficient (Wildman–Crippen LogP) is 1.48. The summed E-state index contributed by atoms with van der Waals surface area (Å²) in [5.74, 6) is 1.80. The van der Waals surface area contributed by atoms with Crippen molar-refractivity contribution in [3.8, 4) is 0 Å². The summed E-state index contributed by atoms with van der Waals surface area (Å²) < 4.78 is 0. The van der Waals surface area contributed by atoms with Gasteiger partial charge in [-0.3, -0.25) is 9.59 Å². The van der Waals surface area contributed by atoms with E-state index in [1.54, 1.807) is 6.20 Å². The first-order valence-electron chi connectivity index (χ1n) is 10.6. The van der Waals surface area contributed by atoms with E-state index in [1.165, 1.54) is 0 Å². The van der Waals surface area contributed by atoms with E-state index in [2.05, 4.69) is 9.88 Å². The Morgan fingerprint density at radius 1 is 1.07 bits per heavy atom. The monoisotopic (exact) mass is 385 g/mol. The van der Waals surface area contributed by atoms with Crippen LogP contribution in [-0.2, 0) is 4.79 Å². The molecule has 1 aromatic rings. The van der Waals surface area contributed by atoms with Gasteiger partial charge in [0.1, 0.15) is 5.82 Å². The van der Waals surface area contributed by atoms with Gasteiger partial charge in [-0.05, 0) is 50.2 Å². The van der Waals surface area contributed by atoms with Crippen molar-refractivity contribution in [2.45, 2.75) is 44.6 Å². The lowest BCUT2D eigenvalue weighted by molar-refractivity contribution is -0.128. The molecule has 3 fully saturated rings. The number of pyridine rings is 1. The summed E-state index contributed by atoms with van der Waals surface area (Å²) in [6, 6.07) is 4.15. The summed E-state index contributed by atoms with van der Waals surface area (Å²) in [5, 5.41) is 0. The van der Waals surface area contributed by atoms with E-state index in [-0.39, 0.29) is 5.91 Å². The quantitative estimate of drug-likeness (QED) is 0.849. The van der Waals surface area contributed by atoms with Gasteiger partial charge in [0.25, 0.3) is 5.91 Å². The molecule has 4 rings (SSSR count). The van der Waals surface area contributed by atoms with Crippen molar-refractivity contribution in [1.82, 2.24) is 14.8 Å². The topological polar surface area (TPSA) is 82.8 Å². The molecule has 3 aliphatic heterocycles. The van der Waals surface area contributed by atoms with E-state index in [0.717, 1.165) is 77.2 Å². The van der Waals surface area contributed by atoms with Crippen molar-refractivity contribution in [3.63, 3.8) is 0 Å². The van der Waals surface area contributed by atoms with Crippen molar-refractivity contribution in [2.24, 2.45) is 11.7 Å². The van der Waals surface area contributed by atoms with E-state index in [9.17, 15) is 9.59 Å². The molecule has 7 nitrogen and oxygen atoms in total. The van der Waals surface area contributed by atoms with Crippen LogP contribution in [0.5, 0.6) is 0 Å². The minimum Gasteiger partial charge on any atom is -0.357 e. The van der Waals surface area contributed by atoms with Crippen LogP contribution in [0.2, 0.25) is 0 Å². The number of hydrogen-bond donors (Lipinski definition) is 1. The first kappa shape index (κ1) is 19.2. The number of nitrogens with zero attached hydrogens (tertiary/aromatic N) is 4. The SMILES string of the molecule is NC1CCN(c2ccc(C(=O)N3CCC(CN4CCCC4=O)CC3)cn2)CC1. The molecule has 0 unspecified atom stereocenters. The number of rotatable bonds is 4. The molecule has 0 aliphatic carbocycles. The molecule has 0 radical (unpaired) electrons. The highest BCUT2D eigenvalue weighted by Crippen LogP contribution is 2.23. The van der Waals surface area contributed by atoms with Gasteiger partial charge in [-0.1, -0.05) is 0 Å².